The van der Waals surface area contributed by atoms with Crippen LogP contribution in [-0.4, -0.2) is 22.9 Å². The van der Waals surface area contributed by atoms with E-state index in [2.05, 4.69) is 54.2 Å². The van der Waals surface area contributed by atoms with E-state index in [0.717, 1.165) is 39.1 Å². The molecular weight excluding hydrogens is 468 g/mol. The van der Waals surface area contributed by atoms with Gasteiger partial charge in [0.15, 0.2) is 0 Å². The lowest BCUT2D eigenvalue weighted by Gasteiger charge is -2.14. The second kappa shape index (κ2) is 11.8. The van der Waals surface area contributed by atoms with Crippen molar-refractivity contribution in [2.24, 2.45) is 4.99 Å². The second-order valence-electron chi connectivity index (χ2n) is 7.04. The molecule has 2 heterocycles. The maximum Gasteiger partial charge on any atom is 0.142 e. The highest BCUT2D eigenvalue weighted by Crippen LogP contribution is 2.34. The Hall–Kier alpha value is -3.44. The molecule has 1 aliphatic rings. The van der Waals surface area contributed by atoms with Crippen molar-refractivity contribution in [2.45, 2.75) is 34.1 Å². The van der Waals surface area contributed by atoms with Gasteiger partial charge in [-0.2, -0.15) is 5.26 Å². The predicted molar refractivity (Wildman–Crippen MR) is 132 cm³/mol. The van der Waals surface area contributed by atoms with E-state index in [1.165, 1.54) is 6.33 Å². The number of aromatic nitrogens is 2. The molecule has 2 aromatic rings. The van der Waals surface area contributed by atoms with Gasteiger partial charge in [0.2, 0.25) is 0 Å². The first-order valence-electron chi connectivity index (χ1n) is 10.0. The molecule has 3 rings (SSSR count). The van der Waals surface area contributed by atoms with Gasteiger partial charge in [0.25, 0.3) is 0 Å². The van der Waals surface area contributed by atoms with E-state index in [-0.39, 0.29) is 0 Å². The number of rotatable bonds is 5. The van der Waals surface area contributed by atoms with Crippen molar-refractivity contribution in [2.75, 3.05) is 12.4 Å². The summed E-state index contributed by atoms with van der Waals surface area (Å²) in [6.45, 7) is 11.6. The van der Waals surface area contributed by atoms with Crippen LogP contribution in [0.4, 0.5) is 5.69 Å². The Kier molecular flexibility index (Phi) is 9.17. The third-order valence-corrected chi connectivity index (χ3v) is 5.11. The lowest BCUT2D eigenvalue weighted by molar-refractivity contribution is 0.425. The Morgan fingerprint density at radius 3 is 2.41 bits per heavy atom. The fourth-order valence-corrected chi connectivity index (χ4v) is 3.64. The zero-order chi connectivity index (χ0) is 23.7. The van der Waals surface area contributed by atoms with Crippen molar-refractivity contribution in [3.63, 3.8) is 0 Å². The molecule has 0 bridgehead atoms. The number of nitriles is 1. The number of hydrogen-bond acceptors (Lipinski definition) is 7. The fraction of sp³-hybridized carbons (Fsp3) is 0.250. The number of anilines is 1. The molecule has 0 saturated heterocycles. The Labute approximate surface area is 197 Å². The number of aliphatic imine (C=N–C) groups is 1. The molecule has 2 N–H and O–H groups in total. The van der Waals surface area contributed by atoms with Crippen molar-refractivity contribution in [1.82, 2.24) is 15.3 Å². The quantitative estimate of drug-likeness (QED) is 0.525. The van der Waals surface area contributed by atoms with E-state index in [1.54, 1.807) is 31.6 Å². The number of halogens is 1. The van der Waals surface area contributed by atoms with Gasteiger partial charge < -0.3 is 15.4 Å². The largest absolute Gasteiger partial charge is 0.461 e. The molecule has 1 aliphatic heterocycles. The highest BCUT2D eigenvalue weighted by Gasteiger charge is 2.25. The summed E-state index contributed by atoms with van der Waals surface area (Å²) in [5.74, 6) is 1.98. The summed E-state index contributed by atoms with van der Waals surface area (Å²) in [5, 5.41) is 15.4. The maximum atomic E-state index is 9.18. The minimum atomic E-state index is 0.531. The molecule has 1 aromatic heterocycles. The molecule has 0 unspecified atom stereocenters. The van der Waals surface area contributed by atoms with Crippen LogP contribution in [-0.2, 0) is 0 Å². The molecule has 0 fully saturated rings. The first-order chi connectivity index (χ1) is 15.3. The van der Waals surface area contributed by atoms with Gasteiger partial charge in [-0.05, 0) is 60.8 Å². The molecule has 1 aromatic carbocycles. The SMILES string of the molecule is C=C(C)NC1=NC(CC)=C(Br)/C1=C(/C)Oc1cc(C#N)cc(NC)c1.Cc1cncnc1. The summed E-state index contributed by atoms with van der Waals surface area (Å²) in [6, 6.07) is 7.47. The highest BCUT2D eigenvalue weighted by molar-refractivity contribution is 9.12. The Morgan fingerprint density at radius 2 is 1.91 bits per heavy atom. The summed E-state index contributed by atoms with van der Waals surface area (Å²) < 4.78 is 6.94. The minimum absolute atomic E-state index is 0.531. The van der Waals surface area contributed by atoms with Crippen LogP contribution in [0.15, 0.2) is 75.7 Å². The van der Waals surface area contributed by atoms with Crippen molar-refractivity contribution in [3.8, 4) is 11.8 Å². The third kappa shape index (κ3) is 6.79. The molecule has 166 valence electrons. The minimum Gasteiger partial charge on any atom is -0.461 e. The molecular formula is C24H27BrN6O. The molecule has 8 heteroatoms. The van der Waals surface area contributed by atoms with Crippen LogP contribution in [0, 0.1) is 18.3 Å². The molecule has 0 spiro atoms. The fourth-order valence-electron chi connectivity index (χ4n) is 2.80. The van der Waals surface area contributed by atoms with E-state index in [9.17, 15) is 5.26 Å². The topological polar surface area (TPSA) is 95.2 Å². The maximum absolute atomic E-state index is 9.18. The highest BCUT2D eigenvalue weighted by atomic mass is 79.9. The zero-order valence-corrected chi connectivity index (χ0v) is 20.5. The van der Waals surface area contributed by atoms with E-state index >= 15 is 0 Å². The van der Waals surface area contributed by atoms with Gasteiger partial charge in [-0.3, -0.25) is 0 Å². The lowest BCUT2D eigenvalue weighted by Crippen LogP contribution is -2.22. The molecule has 0 atom stereocenters. The summed E-state index contributed by atoms with van der Waals surface area (Å²) in [5.41, 5.74) is 5.05. The molecule has 0 aliphatic carbocycles. The van der Waals surface area contributed by atoms with Crippen molar-refractivity contribution in [1.29, 1.82) is 5.26 Å². The first-order valence-corrected chi connectivity index (χ1v) is 10.8. The normalized spacial score (nSPS) is 14.0. The number of amidine groups is 1. The van der Waals surface area contributed by atoms with Gasteiger partial charge in [-0.1, -0.05) is 13.5 Å². The van der Waals surface area contributed by atoms with Crippen molar-refractivity contribution < 1.29 is 4.74 Å². The predicted octanol–water partition coefficient (Wildman–Crippen LogP) is 5.59. The number of nitrogens with zero attached hydrogens (tertiary/aromatic N) is 4. The van der Waals surface area contributed by atoms with Crippen molar-refractivity contribution >= 4 is 27.5 Å². The van der Waals surface area contributed by atoms with Gasteiger partial charge in [0.1, 0.15) is 23.7 Å². The summed E-state index contributed by atoms with van der Waals surface area (Å²) in [4.78, 5) is 12.2. The van der Waals surface area contributed by atoms with Crippen molar-refractivity contribution in [3.05, 3.63) is 81.8 Å². The third-order valence-electron chi connectivity index (χ3n) is 4.26. The van der Waals surface area contributed by atoms with E-state index < -0.39 is 0 Å². The molecule has 32 heavy (non-hydrogen) atoms. The second-order valence-corrected chi connectivity index (χ2v) is 7.83. The number of hydrogen-bond donors (Lipinski definition) is 2. The van der Waals surface area contributed by atoms with Crippen LogP contribution < -0.4 is 15.4 Å². The number of nitrogens with one attached hydrogen (secondary N) is 2. The zero-order valence-electron chi connectivity index (χ0n) is 19.0. The summed E-state index contributed by atoms with van der Waals surface area (Å²) in [7, 11) is 1.80. The summed E-state index contributed by atoms with van der Waals surface area (Å²) in [6.07, 6.45) is 5.86. The average Bonchev–Trinajstić information content (AvgIpc) is 3.08. The van der Waals surface area contributed by atoms with E-state index in [4.69, 9.17) is 4.74 Å². The Balaban J connectivity index is 0.000000439. The smallest absolute Gasteiger partial charge is 0.142 e. The Bertz CT molecular complexity index is 1110. The van der Waals surface area contributed by atoms with Gasteiger partial charge in [-0.15, -0.1) is 0 Å². The number of allylic oxidation sites excluding steroid dienone is 3. The van der Waals surface area contributed by atoms with Crippen LogP contribution in [0.25, 0.3) is 0 Å². The molecule has 0 radical (unpaired) electrons. The van der Waals surface area contributed by atoms with Gasteiger partial charge >= 0.3 is 0 Å². The van der Waals surface area contributed by atoms with Crippen LogP contribution >= 0.6 is 15.9 Å². The van der Waals surface area contributed by atoms with Crippen LogP contribution in [0.3, 0.4) is 0 Å². The standard InChI is InChI=1S/C19H21BrN4O.C5H6N2/c1-6-16-18(20)17(19(24-16)23-11(2)3)12(4)25-15-8-13(10-21)7-14(9-15)22-5;1-5-2-6-4-7-3-5/h7-9,22H,2,6H2,1,3-5H3,(H,23,24);2-4H,1H3/b17-12+;. The lowest BCUT2D eigenvalue weighted by atomic mass is 10.1. The van der Waals surface area contributed by atoms with E-state index in [0.29, 0.717) is 22.9 Å². The monoisotopic (exact) mass is 494 g/mol. The first kappa shape index (κ1) is 24.8. The van der Waals surface area contributed by atoms with Gasteiger partial charge in [0.05, 0.1) is 27.4 Å². The van der Waals surface area contributed by atoms with Gasteiger partial charge in [0, 0.05) is 36.9 Å². The number of aryl methyl sites for hydroxylation is 1. The molecule has 0 amide bonds. The Morgan fingerprint density at radius 1 is 1.22 bits per heavy atom. The van der Waals surface area contributed by atoms with Crippen LogP contribution in [0.5, 0.6) is 5.75 Å². The van der Waals surface area contributed by atoms with Crippen LogP contribution in [0.1, 0.15) is 38.3 Å². The van der Waals surface area contributed by atoms with Gasteiger partial charge in [-0.25, -0.2) is 15.0 Å². The number of benzene rings is 1. The summed E-state index contributed by atoms with van der Waals surface area (Å²) >= 11 is 3.62. The molecule has 7 nitrogen and oxygen atoms in total. The van der Waals surface area contributed by atoms with E-state index in [1.807, 2.05) is 33.8 Å². The van der Waals surface area contributed by atoms with Crippen LogP contribution in [0.2, 0.25) is 0 Å². The number of ether oxygens (including phenoxy) is 1. The average molecular weight is 495 g/mol. The molecule has 0 saturated carbocycles.